The first kappa shape index (κ1) is 25.4. The summed E-state index contributed by atoms with van der Waals surface area (Å²) in [6, 6.07) is 5.15. The molecule has 4 N–H and O–H groups in total. The van der Waals surface area contributed by atoms with Gasteiger partial charge in [0.2, 0.25) is 17.7 Å². The second-order valence-electron chi connectivity index (χ2n) is 6.45. The Bertz CT molecular complexity index is 958. The van der Waals surface area contributed by atoms with Crippen molar-refractivity contribution in [3.63, 3.8) is 0 Å². The smallest absolute Gasteiger partial charge is 0.416 e. The summed E-state index contributed by atoms with van der Waals surface area (Å²) in [4.78, 5) is 22.2. The molecule has 0 aliphatic rings. The van der Waals surface area contributed by atoms with E-state index in [0.29, 0.717) is 0 Å². The molecule has 0 bridgehead atoms. The van der Waals surface area contributed by atoms with Crippen molar-refractivity contribution in [2.75, 3.05) is 44.1 Å². The predicted octanol–water partition coefficient (Wildman–Crippen LogP) is 2.57. The van der Waals surface area contributed by atoms with E-state index in [9.17, 15) is 23.2 Å². The fourth-order valence-electron chi connectivity index (χ4n) is 2.54. The van der Waals surface area contributed by atoms with Gasteiger partial charge in [0.05, 0.1) is 12.7 Å². The minimum atomic E-state index is -4.54. The Morgan fingerprint density at radius 2 is 2.03 bits per heavy atom. The number of alkyl halides is 3. The Kier molecular flexibility index (Phi) is 8.57. The van der Waals surface area contributed by atoms with Crippen LogP contribution >= 0.6 is 0 Å². The minimum Gasteiger partial charge on any atom is -0.480 e. The maximum Gasteiger partial charge on any atom is 0.416 e. The number of nitriles is 1. The monoisotopic (exact) mass is 439 g/mol. The van der Waals surface area contributed by atoms with E-state index >= 15 is 0 Å². The fourth-order valence-corrected chi connectivity index (χ4v) is 2.54. The second-order valence-corrected chi connectivity index (χ2v) is 6.45. The van der Waals surface area contributed by atoms with E-state index in [2.05, 4.69) is 20.6 Å². The Balaban J connectivity index is 0.00000480. The SMILES string of the molecule is C.COc1nc(N)nc(N[C@@H](CN(C)C)C(=O)Nc2cccc(C(F)(F)F)c2)c1C#N. The lowest BCUT2D eigenvalue weighted by molar-refractivity contribution is -0.137. The van der Waals surface area contributed by atoms with Crippen LogP contribution in [0.4, 0.5) is 30.6 Å². The highest BCUT2D eigenvalue weighted by atomic mass is 19.4. The number of nitrogens with zero attached hydrogens (tertiary/aromatic N) is 4. The number of hydrogen-bond acceptors (Lipinski definition) is 8. The Morgan fingerprint density at radius 3 is 2.58 bits per heavy atom. The molecule has 0 radical (unpaired) electrons. The Morgan fingerprint density at radius 1 is 1.35 bits per heavy atom. The van der Waals surface area contributed by atoms with Gasteiger partial charge in [-0.1, -0.05) is 13.5 Å². The highest BCUT2D eigenvalue weighted by Crippen LogP contribution is 2.30. The van der Waals surface area contributed by atoms with Gasteiger partial charge in [0.15, 0.2) is 11.4 Å². The van der Waals surface area contributed by atoms with Crippen LogP contribution in [0.3, 0.4) is 0 Å². The molecule has 0 aliphatic carbocycles. The zero-order valence-corrected chi connectivity index (χ0v) is 16.4. The molecule has 2 aromatic rings. The van der Waals surface area contributed by atoms with E-state index in [1.54, 1.807) is 19.0 Å². The molecule has 9 nitrogen and oxygen atoms in total. The molecule has 1 aromatic heterocycles. The third-order valence-corrected chi connectivity index (χ3v) is 3.83. The van der Waals surface area contributed by atoms with Crippen LogP contribution in [-0.4, -0.2) is 54.6 Å². The summed E-state index contributed by atoms with van der Waals surface area (Å²) in [5, 5.41) is 14.6. The third kappa shape index (κ3) is 6.71. The van der Waals surface area contributed by atoms with Crippen molar-refractivity contribution >= 4 is 23.4 Å². The topological polar surface area (TPSA) is 129 Å². The van der Waals surface area contributed by atoms with Crippen molar-refractivity contribution in [1.82, 2.24) is 14.9 Å². The van der Waals surface area contributed by atoms with Crippen LogP contribution in [0, 0.1) is 11.3 Å². The van der Waals surface area contributed by atoms with E-state index in [4.69, 9.17) is 10.5 Å². The summed E-state index contributed by atoms with van der Waals surface area (Å²) < 4.78 is 43.8. The van der Waals surface area contributed by atoms with Gasteiger partial charge in [-0.05, 0) is 32.3 Å². The van der Waals surface area contributed by atoms with Crippen molar-refractivity contribution in [2.24, 2.45) is 0 Å². The molecular formula is C19H24F3N7O2. The van der Waals surface area contributed by atoms with Crippen LogP contribution in [-0.2, 0) is 11.0 Å². The number of halogens is 3. The van der Waals surface area contributed by atoms with Crippen molar-refractivity contribution in [2.45, 2.75) is 19.6 Å². The lowest BCUT2D eigenvalue weighted by Gasteiger charge is -2.23. The van der Waals surface area contributed by atoms with Gasteiger partial charge in [-0.15, -0.1) is 0 Å². The first-order valence-corrected chi connectivity index (χ1v) is 8.56. The van der Waals surface area contributed by atoms with Crippen LogP contribution in [0.5, 0.6) is 5.88 Å². The van der Waals surface area contributed by atoms with Gasteiger partial charge in [0, 0.05) is 12.2 Å². The van der Waals surface area contributed by atoms with Crippen molar-refractivity contribution < 1.29 is 22.7 Å². The van der Waals surface area contributed by atoms with Crippen LogP contribution in [0.1, 0.15) is 18.6 Å². The molecule has 1 heterocycles. The highest BCUT2D eigenvalue weighted by molar-refractivity contribution is 5.97. The molecule has 2 rings (SSSR count). The van der Waals surface area contributed by atoms with Gasteiger partial charge in [-0.3, -0.25) is 4.79 Å². The van der Waals surface area contributed by atoms with Gasteiger partial charge >= 0.3 is 6.18 Å². The number of nitrogens with one attached hydrogen (secondary N) is 2. The van der Waals surface area contributed by atoms with Crippen LogP contribution in [0.15, 0.2) is 24.3 Å². The molecule has 0 aliphatic heterocycles. The summed E-state index contributed by atoms with van der Waals surface area (Å²) in [5.74, 6) is -0.930. The molecule has 1 atom stereocenters. The molecule has 168 valence electrons. The number of likely N-dealkylation sites (N-methyl/N-ethyl adjacent to an activating group) is 1. The molecule has 0 spiro atoms. The van der Waals surface area contributed by atoms with Gasteiger partial charge in [0.1, 0.15) is 12.1 Å². The van der Waals surface area contributed by atoms with Gasteiger partial charge in [-0.25, -0.2) is 0 Å². The molecule has 0 saturated heterocycles. The average molecular weight is 439 g/mol. The molecular weight excluding hydrogens is 415 g/mol. The zero-order valence-electron chi connectivity index (χ0n) is 16.4. The number of carbonyl (C=O) groups excluding carboxylic acids is 1. The maximum absolute atomic E-state index is 12.9. The lowest BCUT2D eigenvalue weighted by atomic mass is 10.1. The fraction of sp³-hybridized carbons (Fsp3) is 0.368. The summed E-state index contributed by atoms with van der Waals surface area (Å²) in [6.07, 6.45) is -4.54. The summed E-state index contributed by atoms with van der Waals surface area (Å²) in [5.41, 5.74) is 4.64. The number of ether oxygens (including phenoxy) is 1. The number of methoxy groups -OCH3 is 1. The standard InChI is InChI=1S/C18H20F3N7O2.CH4/c1-28(2)9-13(25-14-12(8-22)16(30-3)27-17(23)26-14)15(29)24-11-6-4-5-10(7-11)18(19,20)21;/h4-7,13H,9H2,1-3H3,(H,24,29)(H3,23,25,26,27);1H4/t13-;/m0./s1. The van der Waals surface area contributed by atoms with Gasteiger partial charge in [-0.2, -0.15) is 28.4 Å². The largest absolute Gasteiger partial charge is 0.480 e. The van der Waals surface area contributed by atoms with Crippen molar-refractivity contribution in [3.05, 3.63) is 35.4 Å². The van der Waals surface area contributed by atoms with Crippen LogP contribution in [0.25, 0.3) is 0 Å². The average Bonchev–Trinajstić information content (AvgIpc) is 2.66. The normalized spacial score (nSPS) is 11.8. The Hall–Kier alpha value is -3.59. The van der Waals surface area contributed by atoms with Gasteiger partial charge in [0.25, 0.3) is 0 Å². The number of benzene rings is 1. The number of nitrogen functional groups attached to an aromatic ring is 1. The predicted molar refractivity (Wildman–Crippen MR) is 110 cm³/mol. The van der Waals surface area contributed by atoms with E-state index < -0.39 is 23.7 Å². The minimum absolute atomic E-state index is 0. The lowest BCUT2D eigenvalue weighted by Crippen LogP contribution is -2.42. The van der Waals surface area contributed by atoms with E-state index in [1.807, 2.05) is 6.07 Å². The van der Waals surface area contributed by atoms with Crippen LogP contribution < -0.4 is 21.1 Å². The number of anilines is 3. The maximum atomic E-state index is 12.9. The number of rotatable bonds is 7. The summed E-state index contributed by atoms with van der Waals surface area (Å²) in [6.45, 7) is 0.141. The molecule has 0 saturated carbocycles. The number of aromatic nitrogens is 2. The molecule has 0 fully saturated rings. The highest BCUT2D eigenvalue weighted by Gasteiger charge is 2.31. The van der Waals surface area contributed by atoms with Crippen molar-refractivity contribution in [3.8, 4) is 11.9 Å². The second kappa shape index (κ2) is 10.4. The first-order chi connectivity index (χ1) is 14.0. The quantitative estimate of drug-likeness (QED) is 0.600. The van der Waals surface area contributed by atoms with E-state index in [-0.39, 0.29) is 42.9 Å². The number of amides is 1. The number of nitrogens with two attached hydrogens (primary N) is 1. The molecule has 1 amide bonds. The molecule has 31 heavy (non-hydrogen) atoms. The zero-order chi connectivity index (χ0) is 22.5. The van der Waals surface area contributed by atoms with E-state index in [1.165, 1.54) is 19.2 Å². The number of carbonyl (C=O) groups is 1. The Labute approximate surface area is 178 Å². The molecule has 0 unspecified atom stereocenters. The van der Waals surface area contributed by atoms with Gasteiger partial charge < -0.3 is 26.0 Å². The van der Waals surface area contributed by atoms with E-state index in [0.717, 1.165) is 12.1 Å². The molecule has 12 heteroatoms. The first-order valence-electron chi connectivity index (χ1n) is 8.56. The number of hydrogen-bond donors (Lipinski definition) is 3. The summed E-state index contributed by atoms with van der Waals surface area (Å²) in [7, 11) is 4.70. The van der Waals surface area contributed by atoms with Crippen molar-refractivity contribution in [1.29, 1.82) is 5.26 Å². The van der Waals surface area contributed by atoms with Crippen LogP contribution in [0.2, 0.25) is 0 Å². The third-order valence-electron chi connectivity index (χ3n) is 3.83. The molecule has 1 aromatic carbocycles. The summed E-state index contributed by atoms with van der Waals surface area (Å²) >= 11 is 0.